The Morgan fingerprint density at radius 3 is 2.42 bits per heavy atom. The number of aromatic nitrogens is 2. The molecule has 0 radical (unpaired) electrons. The number of anilines is 2. The van der Waals surface area contributed by atoms with Crippen LogP contribution in [-0.4, -0.2) is 49.5 Å². The summed E-state index contributed by atoms with van der Waals surface area (Å²) in [6.45, 7) is 3.51. The third-order valence-electron chi connectivity index (χ3n) is 3.37. The van der Waals surface area contributed by atoms with E-state index in [0.717, 1.165) is 31.2 Å². The van der Waals surface area contributed by atoms with Crippen LogP contribution in [0.1, 0.15) is 12.7 Å². The highest BCUT2D eigenvalue weighted by Crippen LogP contribution is 2.23. The maximum Gasteiger partial charge on any atom is 0.145 e. The summed E-state index contributed by atoms with van der Waals surface area (Å²) in [5.41, 5.74) is 2.58. The highest BCUT2D eigenvalue weighted by molar-refractivity contribution is 5.50. The predicted molar refractivity (Wildman–Crippen MR) is 73.0 cm³/mol. The van der Waals surface area contributed by atoms with Crippen molar-refractivity contribution in [2.45, 2.75) is 25.6 Å². The zero-order chi connectivity index (χ0) is 13.8. The SMILES string of the molecule is CCc1nc(NN)cc(N2CC(OC)C(OC)C2)n1. The number of nitrogens with zero attached hydrogens (tertiary/aromatic N) is 3. The van der Waals surface area contributed by atoms with Gasteiger partial charge >= 0.3 is 0 Å². The van der Waals surface area contributed by atoms with E-state index in [0.29, 0.717) is 5.82 Å². The van der Waals surface area contributed by atoms with Crippen LogP contribution >= 0.6 is 0 Å². The van der Waals surface area contributed by atoms with Gasteiger partial charge in [-0.3, -0.25) is 0 Å². The normalized spacial score (nSPS) is 22.8. The standard InChI is InChI=1S/C12H21N5O2/c1-4-10-14-11(16-13)5-12(15-10)17-6-8(18-2)9(7-17)19-3/h5,8-9H,4,6-7,13H2,1-3H3,(H,14,15,16). The van der Waals surface area contributed by atoms with Crippen LogP contribution in [0.4, 0.5) is 11.6 Å². The van der Waals surface area contributed by atoms with Crippen molar-refractivity contribution in [3.63, 3.8) is 0 Å². The Labute approximate surface area is 113 Å². The smallest absolute Gasteiger partial charge is 0.145 e. The molecule has 1 aliphatic heterocycles. The van der Waals surface area contributed by atoms with Crippen molar-refractivity contribution < 1.29 is 9.47 Å². The maximum absolute atomic E-state index is 5.44. The van der Waals surface area contributed by atoms with E-state index in [4.69, 9.17) is 15.3 Å². The lowest BCUT2D eigenvalue weighted by Crippen LogP contribution is -2.27. The van der Waals surface area contributed by atoms with E-state index in [1.807, 2.05) is 13.0 Å². The molecule has 0 aromatic carbocycles. The predicted octanol–water partition coefficient (Wildman–Crippen LogP) is 0.175. The first kappa shape index (κ1) is 14.0. The average molecular weight is 267 g/mol. The molecule has 7 nitrogen and oxygen atoms in total. The lowest BCUT2D eigenvalue weighted by Gasteiger charge is -2.18. The van der Waals surface area contributed by atoms with Gasteiger partial charge in [0.1, 0.15) is 29.7 Å². The van der Waals surface area contributed by atoms with Gasteiger partial charge in [-0.15, -0.1) is 0 Å². The van der Waals surface area contributed by atoms with E-state index in [1.54, 1.807) is 14.2 Å². The molecule has 1 aromatic rings. The fourth-order valence-electron chi connectivity index (χ4n) is 2.26. The summed E-state index contributed by atoms with van der Waals surface area (Å²) in [7, 11) is 3.40. The number of nitrogens with one attached hydrogen (secondary N) is 1. The molecule has 2 atom stereocenters. The second-order valence-corrected chi connectivity index (χ2v) is 4.48. The van der Waals surface area contributed by atoms with E-state index in [-0.39, 0.29) is 12.2 Å². The number of nitrogens with two attached hydrogens (primary N) is 1. The molecule has 106 valence electrons. The summed E-state index contributed by atoms with van der Waals surface area (Å²) in [6, 6.07) is 1.84. The van der Waals surface area contributed by atoms with Gasteiger partial charge in [0.25, 0.3) is 0 Å². The van der Waals surface area contributed by atoms with E-state index in [2.05, 4.69) is 20.3 Å². The van der Waals surface area contributed by atoms with Crippen LogP contribution in [0.25, 0.3) is 0 Å². The van der Waals surface area contributed by atoms with Gasteiger partial charge in [-0.2, -0.15) is 0 Å². The molecule has 19 heavy (non-hydrogen) atoms. The number of ether oxygens (including phenoxy) is 2. The minimum Gasteiger partial charge on any atom is -0.377 e. The molecule has 1 saturated heterocycles. The largest absolute Gasteiger partial charge is 0.377 e. The number of rotatable bonds is 5. The molecule has 1 aliphatic rings. The Hall–Kier alpha value is -1.44. The summed E-state index contributed by atoms with van der Waals surface area (Å²) in [6.07, 6.45) is 0.872. The molecule has 1 aromatic heterocycles. The van der Waals surface area contributed by atoms with Crippen LogP contribution in [0.5, 0.6) is 0 Å². The molecule has 2 heterocycles. The fraction of sp³-hybridized carbons (Fsp3) is 0.667. The van der Waals surface area contributed by atoms with E-state index < -0.39 is 0 Å². The molecule has 3 N–H and O–H groups in total. The number of hydrogen-bond donors (Lipinski definition) is 2. The number of nitrogen functional groups attached to an aromatic ring is 1. The average Bonchev–Trinajstić information content (AvgIpc) is 2.89. The summed E-state index contributed by atoms with van der Waals surface area (Å²) in [5.74, 6) is 7.67. The molecule has 2 unspecified atom stereocenters. The van der Waals surface area contributed by atoms with Crippen LogP contribution in [0, 0.1) is 0 Å². The maximum atomic E-state index is 5.44. The monoisotopic (exact) mass is 267 g/mol. The van der Waals surface area contributed by atoms with Gasteiger partial charge in [0.15, 0.2) is 0 Å². The van der Waals surface area contributed by atoms with Gasteiger partial charge in [0.05, 0.1) is 0 Å². The Balaban J connectivity index is 2.22. The van der Waals surface area contributed by atoms with Crippen molar-refractivity contribution in [2.24, 2.45) is 5.84 Å². The minimum absolute atomic E-state index is 0.0549. The third kappa shape index (κ3) is 2.94. The Morgan fingerprint density at radius 1 is 1.32 bits per heavy atom. The number of methoxy groups -OCH3 is 2. The summed E-state index contributed by atoms with van der Waals surface area (Å²) in [5, 5.41) is 0. The molecule has 0 amide bonds. The van der Waals surface area contributed by atoms with Crippen molar-refractivity contribution in [1.29, 1.82) is 0 Å². The molecule has 1 fully saturated rings. The van der Waals surface area contributed by atoms with Crippen LogP contribution in [0.3, 0.4) is 0 Å². The van der Waals surface area contributed by atoms with Gasteiger partial charge in [-0.1, -0.05) is 6.92 Å². The van der Waals surface area contributed by atoms with Crippen molar-refractivity contribution in [3.8, 4) is 0 Å². The molecule has 0 bridgehead atoms. The summed E-state index contributed by atoms with van der Waals surface area (Å²) >= 11 is 0. The van der Waals surface area contributed by atoms with Gasteiger partial charge in [0.2, 0.25) is 0 Å². The summed E-state index contributed by atoms with van der Waals surface area (Å²) < 4.78 is 10.9. The lowest BCUT2D eigenvalue weighted by molar-refractivity contribution is -0.00461. The Morgan fingerprint density at radius 2 is 1.95 bits per heavy atom. The van der Waals surface area contributed by atoms with Crippen LogP contribution in [0.15, 0.2) is 6.07 Å². The van der Waals surface area contributed by atoms with Gasteiger partial charge in [-0.25, -0.2) is 15.8 Å². The number of aryl methyl sites for hydroxylation is 1. The van der Waals surface area contributed by atoms with E-state index in [1.165, 1.54) is 0 Å². The lowest BCUT2D eigenvalue weighted by atomic mass is 10.3. The first-order chi connectivity index (χ1) is 9.21. The second-order valence-electron chi connectivity index (χ2n) is 4.48. The fourth-order valence-corrected chi connectivity index (χ4v) is 2.26. The summed E-state index contributed by atoms with van der Waals surface area (Å²) in [4.78, 5) is 10.9. The number of hydrazine groups is 1. The minimum atomic E-state index is 0.0549. The topological polar surface area (TPSA) is 85.5 Å². The van der Waals surface area contributed by atoms with Crippen molar-refractivity contribution in [1.82, 2.24) is 9.97 Å². The van der Waals surface area contributed by atoms with Crippen molar-refractivity contribution >= 4 is 11.6 Å². The first-order valence-corrected chi connectivity index (χ1v) is 6.36. The Bertz CT molecular complexity index is 394. The molecule has 0 spiro atoms. The molecular formula is C12H21N5O2. The van der Waals surface area contributed by atoms with Gasteiger partial charge in [-0.05, 0) is 0 Å². The number of hydrogen-bond acceptors (Lipinski definition) is 7. The highest BCUT2D eigenvalue weighted by Gasteiger charge is 2.33. The first-order valence-electron chi connectivity index (χ1n) is 6.36. The molecule has 0 aliphatic carbocycles. The molecular weight excluding hydrogens is 246 g/mol. The molecule has 2 rings (SSSR count). The quantitative estimate of drug-likeness (QED) is 0.581. The van der Waals surface area contributed by atoms with Crippen molar-refractivity contribution in [2.75, 3.05) is 37.6 Å². The highest BCUT2D eigenvalue weighted by atomic mass is 16.5. The Kier molecular flexibility index (Phi) is 4.52. The van der Waals surface area contributed by atoms with E-state index >= 15 is 0 Å². The zero-order valence-electron chi connectivity index (χ0n) is 11.6. The van der Waals surface area contributed by atoms with Crippen LogP contribution in [0.2, 0.25) is 0 Å². The second kappa shape index (κ2) is 6.14. The zero-order valence-corrected chi connectivity index (χ0v) is 11.6. The van der Waals surface area contributed by atoms with E-state index in [9.17, 15) is 0 Å². The van der Waals surface area contributed by atoms with Gasteiger partial charge < -0.3 is 19.8 Å². The molecule has 0 saturated carbocycles. The van der Waals surface area contributed by atoms with Gasteiger partial charge in [0, 0.05) is 39.8 Å². The van der Waals surface area contributed by atoms with Crippen LogP contribution < -0.4 is 16.2 Å². The third-order valence-corrected chi connectivity index (χ3v) is 3.37. The van der Waals surface area contributed by atoms with Crippen LogP contribution in [-0.2, 0) is 15.9 Å². The van der Waals surface area contributed by atoms with Crippen molar-refractivity contribution in [3.05, 3.63) is 11.9 Å². The molecule has 7 heteroatoms.